The predicted octanol–water partition coefficient (Wildman–Crippen LogP) is 6.03. The second-order valence-corrected chi connectivity index (χ2v) is 9.19. The van der Waals surface area contributed by atoms with Crippen LogP contribution < -0.4 is 5.32 Å². The third kappa shape index (κ3) is 5.73. The Balaban J connectivity index is 1.43. The Hall–Kier alpha value is -4.91. The second kappa shape index (κ2) is 11.0. The number of imidazole rings is 1. The van der Waals surface area contributed by atoms with Gasteiger partial charge in [-0.15, -0.1) is 0 Å². The molecule has 2 heterocycles. The van der Waals surface area contributed by atoms with E-state index in [1.807, 2.05) is 103 Å². The van der Waals surface area contributed by atoms with E-state index in [1.165, 1.54) is 11.2 Å². The minimum absolute atomic E-state index is 0.172. The third-order valence-corrected chi connectivity index (χ3v) is 6.19. The van der Waals surface area contributed by atoms with Gasteiger partial charge < -0.3 is 9.32 Å². The van der Waals surface area contributed by atoms with E-state index >= 15 is 0 Å². The lowest BCUT2D eigenvalue weighted by Gasteiger charge is -2.21. The lowest BCUT2D eigenvalue weighted by atomic mass is 10.1. The highest BCUT2D eigenvalue weighted by Gasteiger charge is 2.23. The van der Waals surface area contributed by atoms with Crippen LogP contribution in [0, 0.1) is 13.8 Å². The number of amides is 2. The standard InChI is InChI=1S/C31H28N4O3/c1-22-10-14-25(15-11-22)27-20-35(26-16-12-23(2)13-17-26)31(32-27)33-29(36)21-34(19-24-7-4-3-5-8-24)30(37)28-9-6-18-38-28/h3-18,20H,19,21H2,1-2H3,(H,32,33,36). The fraction of sp³-hybridized carbons (Fsp3) is 0.129. The third-order valence-electron chi connectivity index (χ3n) is 6.19. The monoisotopic (exact) mass is 504 g/mol. The Morgan fingerprint density at radius 1 is 0.868 bits per heavy atom. The van der Waals surface area contributed by atoms with Crippen LogP contribution >= 0.6 is 0 Å². The summed E-state index contributed by atoms with van der Waals surface area (Å²) in [5.74, 6) is -0.178. The molecule has 0 spiro atoms. The number of aryl methyl sites for hydroxylation is 2. The summed E-state index contributed by atoms with van der Waals surface area (Å²) in [5.41, 5.74) is 5.73. The summed E-state index contributed by atoms with van der Waals surface area (Å²) in [6, 6.07) is 28.8. The number of carbonyl (C=O) groups excluding carboxylic acids is 2. The maximum Gasteiger partial charge on any atom is 0.290 e. The maximum atomic E-state index is 13.3. The van der Waals surface area contributed by atoms with Gasteiger partial charge in [0.25, 0.3) is 5.91 Å². The van der Waals surface area contributed by atoms with Crippen LogP contribution in [0.4, 0.5) is 5.95 Å². The van der Waals surface area contributed by atoms with E-state index in [2.05, 4.69) is 5.32 Å². The number of rotatable bonds is 8. The Morgan fingerprint density at radius 2 is 1.55 bits per heavy atom. The average Bonchev–Trinajstić information content (AvgIpc) is 3.60. The first-order chi connectivity index (χ1) is 18.5. The minimum atomic E-state index is -0.366. The molecule has 5 aromatic rings. The molecule has 0 bridgehead atoms. The number of nitrogens with zero attached hydrogens (tertiary/aromatic N) is 3. The average molecular weight is 505 g/mol. The summed E-state index contributed by atoms with van der Waals surface area (Å²) >= 11 is 0. The van der Waals surface area contributed by atoms with Crippen molar-refractivity contribution in [3.05, 3.63) is 126 Å². The first-order valence-electron chi connectivity index (χ1n) is 12.4. The number of hydrogen-bond donors (Lipinski definition) is 1. The molecule has 0 aliphatic carbocycles. The van der Waals surface area contributed by atoms with Crippen LogP contribution in [-0.4, -0.2) is 32.8 Å². The number of benzene rings is 3. The normalized spacial score (nSPS) is 10.8. The van der Waals surface area contributed by atoms with E-state index in [9.17, 15) is 9.59 Å². The van der Waals surface area contributed by atoms with Gasteiger partial charge in [-0.3, -0.25) is 19.5 Å². The van der Waals surface area contributed by atoms with E-state index in [-0.39, 0.29) is 30.7 Å². The minimum Gasteiger partial charge on any atom is -0.459 e. The van der Waals surface area contributed by atoms with Crippen molar-refractivity contribution in [2.75, 3.05) is 11.9 Å². The van der Waals surface area contributed by atoms with Crippen LogP contribution in [0.15, 0.2) is 108 Å². The van der Waals surface area contributed by atoms with E-state index < -0.39 is 0 Å². The Labute approximate surface area is 221 Å². The van der Waals surface area contributed by atoms with E-state index in [4.69, 9.17) is 9.40 Å². The molecule has 0 saturated heterocycles. The molecular weight excluding hydrogens is 476 g/mol. The summed E-state index contributed by atoms with van der Waals surface area (Å²) in [4.78, 5) is 32.7. The highest BCUT2D eigenvalue weighted by atomic mass is 16.3. The van der Waals surface area contributed by atoms with Crippen LogP contribution in [0.2, 0.25) is 0 Å². The zero-order chi connectivity index (χ0) is 26.5. The van der Waals surface area contributed by atoms with Crippen LogP contribution in [0.3, 0.4) is 0 Å². The van der Waals surface area contributed by atoms with Gasteiger partial charge in [-0.2, -0.15) is 0 Å². The van der Waals surface area contributed by atoms with Gasteiger partial charge in [0.2, 0.25) is 11.9 Å². The fourth-order valence-corrected chi connectivity index (χ4v) is 4.13. The van der Waals surface area contributed by atoms with Crippen molar-refractivity contribution >= 4 is 17.8 Å². The van der Waals surface area contributed by atoms with Gasteiger partial charge in [0.15, 0.2) is 5.76 Å². The zero-order valence-corrected chi connectivity index (χ0v) is 21.3. The maximum absolute atomic E-state index is 13.3. The summed E-state index contributed by atoms with van der Waals surface area (Å²) < 4.78 is 7.17. The molecule has 0 aliphatic rings. The summed E-state index contributed by atoms with van der Waals surface area (Å²) in [7, 11) is 0. The van der Waals surface area contributed by atoms with Crippen molar-refractivity contribution in [2.24, 2.45) is 0 Å². The van der Waals surface area contributed by atoms with Crippen molar-refractivity contribution in [1.82, 2.24) is 14.5 Å². The molecule has 7 nitrogen and oxygen atoms in total. The molecule has 7 heteroatoms. The molecule has 0 unspecified atom stereocenters. The lowest BCUT2D eigenvalue weighted by Crippen LogP contribution is -2.37. The van der Waals surface area contributed by atoms with Gasteiger partial charge in [-0.05, 0) is 43.7 Å². The molecule has 3 aromatic carbocycles. The van der Waals surface area contributed by atoms with Crippen LogP contribution in [-0.2, 0) is 11.3 Å². The largest absolute Gasteiger partial charge is 0.459 e. The number of carbonyl (C=O) groups is 2. The molecule has 38 heavy (non-hydrogen) atoms. The Morgan fingerprint density at radius 3 is 2.21 bits per heavy atom. The van der Waals surface area contributed by atoms with Gasteiger partial charge in [0.05, 0.1) is 12.0 Å². The second-order valence-electron chi connectivity index (χ2n) is 9.19. The summed E-state index contributed by atoms with van der Waals surface area (Å²) in [5, 5.41) is 2.93. The molecular formula is C31H28N4O3. The highest BCUT2D eigenvalue weighted by Crippen LogP contribution is 2.25. The molecule has 2 amide bonds. The summed E-state index contributed by atoms with van der Waals surface area (Å²) in [6.07, 6.45) is 3.35. The first-order valence-corrected chi connectivity index (χ1v) is 12.4. The molecule has 0 aliphatic heterocycles. The molecule has 0 atom stereocenters. The van der Waals surface area contributed by atoms with Gasteiger partial charge >= 0.3 is 0 Å². The molecule has 0 radical (unpaired) electrons. The van der Waals surface area contributed by atoms with Crippen LogP contribution in [0.5, 0.6) is 0 Å². The van der Waals surface area contributed by atoms with Crippen molar-refractivity contribution in [3.8, 4) is 16.9 Å². The smallest absolute Gasteiger partial charge is 0.290 e. The Bertz CT molecular complexity index is 1520. The number of nitrogens with one attached hydrogen (secondary N) is 1. The number of anilines is 1. The summed E-state index contributed by atoms with van der Waals surface area (Å²) in [6.45, 7) is 4.14. The van der Waals surface area contributed by atoms with Crippen LogP contribution in [0.1, 0.15) is 27.2 Å². The Kier molecular flexibility index (Phi) is 7.17. The quantitative estimate of drug-likeness (QED) is 0.280. The van der Waals surface area contributed by atoms with Gasteiger partial charge in [-0.25, -0.2) is 4.98 Å². The number of furan rings is 1. The highest BCUT2D eigenvalue weighted by molar-refractivity contribution is 5.97. The first kappa shape index (κ1) is 24.8. The number of aromatic nitrogens is 2. The lowest BCUT2D eigenvalue weighted by molar-refractivity contribution is -0.117. The molecule has 0 fully saturated rings. The molecule has 1 N–H and O–H groups in total. The van der Waals surface area contributed by atoms with Gasteiger partial charge in [-0.1, -0.05) is 77.9 Å². The molecule has 5 rings (SSSR count). The fourth-order valence-electron chi connectivity index (χ4n) is 4.13. The van der Waals surface area contributed by atoms with E-state index in [1.54, 1.807) is 12.1 Å². The van der Waals surface area contributed by atoms with Crippen molar-refractivity contribution in [3.63, 3.8) is 0 Å². The van der Waals surface area contributed by atoms with Crippen molar-refractivity contribution in [2.45, 2.75) is 20.4 Å². The SMILES string of the molecule is Cc1ccc(-c2cn(-c3ccc(C)cc3)c(NC(=O)CN(Cc3ccccc3)C(=O)c3ccco3)n2)cc1. The number of hydrogen-bond acceptors (Lipinski definition) is 4. The van der Waals surface area contributed by atoms with E-state index in [0.29, 0.717) is 5.95 Å². The predicted molar refractivity (Wildman–Crippen MR) is 147 cm³/mol. The van der Waals surface area contributed by atoms with Crippen LogP contribution in [0.25, 0.3) is 16.9 Å². The van der Waals surface area contributed by atoms with Gasteiger partial charge in [0.1, 0.15) is 6.54 Å². The molecule has 0 saturated carbocycles. The molecule has 2 aromatic heterocycles. The van der Waals surface area contributed by atoms with Crippen molar-refractivity contribution in [1.29, 1.82) is 0 Å². The van der Waals surface area contributed by atoms with Crippen molar-refractivity contribution < 1.29 is 14.0 Å². The molecule has 190 valence electrons. The zero-order valence-electron chi connectivity index (χ0n) is 21.3. The van der Waals surface area contributed by atoms with E-state index in [0.717, 1.165) is 33.6 Å². The van der Waals surface area contributed by atoms with Gasteiger partial charge in [0, 0.05) is 24.0 Å². The topological polar surface area (TPSA) is 80.4 Å².